The Morgan fingerprint density at radius 1 is 1.36 bits per heavy atom. The SMILES string of the molecule is Cn1cnnc1SCC(=O)N[C@@H](Cc1ccccc1)C(=O)O. The lowest BCUT2D eigenvalue weighted by molar-refractivity contribution is -0.141. The molecule has 1 atom stereocenters. The number of amides is 1. The molecule has 22 heavy (non-hydrogen) atoms. The lowest BCUT2D eigenvalue weighted by atomic mass is 10.1. The van der Waals surface area contributed by atoms with Crippen molar-refractivity contribution in [3.8, 4) is 0 Å². The summed E-state index contributed by atoms with van der Waals surface area (Å²) in [5.41, 5.74) is 0.858. The molecule has 1 heterocycles. The molecule has 2 rings (SSSR count). The molecule has 1 aromatic heterocycles. The van der Waals surface area contributed by atoms with Crippen LogP contribution in [-0.4, -0.2) is 43.5 Å². The van der Waals surface area contributed by atoms with Gasteiger partial charge in [0, 0.05) is 13.5 Å². The van der Waals surface area contributed by atoms with Gasteiger partial charge in [-0.2, -0.15) is 0 Å². The van der Waals surface area contributed by atoms with Gasteiger partial charge >= 0.3 is 5.97 Å². The topological polar surface area (TPSA) is 97.1 Å². The van der Waals surface area contributed by atoms with Crippen molar-refractivity contribution in [3.05, 3.63) is 42.2 Å². The summed E-state index contributed by atoms with van der Waals surface area (Å²) >= 11 is 1.21. The Bertz CT molecular complexity index is 645. The Kier molecular flexibility index (Phi) is 5.54. The van der Waals surface area contributed by atoms with Crippen LogP contribution in [-0.2, 0) is 23.1 Å². The smallest absolute Gasteiger partial charge is 0.326 e. The number of nitrogens with one attached hydrogen (secondary N) is 1. The van der Waals surface area contributed by atoms with Crippen LogP contribution in [0.5, 0.6) is 0 Å². The Morgan fingerprint density at radius 3 is 2.68 bits per heavy atom. The van der Waals surface area contributed by atoms with Crippen LogP contribution in [0, 0.1) is 0 Å². The molecule has 0 bridgehead atoms. The molecule has 1 amide bonds. The van der Waals surface area contributed by atoms with Crippen molar-refractivity contribution in [3.63, 3.8) is 0 Å². The molecule has 2 aromatic rings. The number of carbonyl (C=O) groups is 2. The summed E-state index contributed by atoms with van der Waals surface area (Å²) < 4.78 is 1.69. The number of aliphatic carboxylic acids is 1. The number of thioether (sulfide) groups is 1. The lowest BCUT2D eigenvalue weighted by Gasteiger charge is -2.14. The van der Waals surface area contributed by atoms with Crippen LogP contribution < -0.4 is 5.32 Å². The van der Waals surface area contributed by atoms with Crippen molar-refractivity contribution in [1.82, 2.24) is 20.1 Å². The van der Waals surface area contributed by atoms with E-state index in [1.807, 2.05) is 30.3 Å². The van der Waals surface area contributed by atoms with E-state index in [9.17, 15) is 14.7 Å². The highest BCUT2D eigenvalue weighted by molar-refractivity contribution is 7.99. The highest BCUT2D eigenvalue weighted by Gasteiger charge is 2.20. The lowest BCUT2D eigenvalue weighted by Crippen LogP contribution is -2.43. The van der Waals surface area contributed by atoms with Gasteiger partial charge in [0.05, 0.1) is 5.75 Å². The number of aromatic nitrogens is 3. The van der Waals surface area contributed by atoms with Crippen LogP contribution in [0.3, 0.4) is 0 Å². The average molecular weight is 320 g/mol. The molecule has 116 valence electrons. The van der Waals surface area contributed by atoms with E-state index in [4.69, 9.17) is 0 Å². The van der Waals surface area contributed by atoms with E-state index in [0.717, 1.165) is 5.56 Å². The number of hydrogen-bond acceptors (Lipinski definition) is 5. The van der Waals surface area contributed by atoms with E-state index in [2.05, 4.69) is 15.5 Å². The zero-order valence-electron chi connectivity index (χ0n) is 12.0. The van der Waals surface area contributed by atoms with Crippen LogP contribution in [0.25, 0.3) is 0 Å². The summed E-state index contributed by atoms with van der Waals surface area (Å²) in [6, 6.07) is 8.23. The second kappa shape index (κ2) is 7.60. The maximum atomic E-state index is 11.9. The van der Waals surface area contributed by atoms with Crippen LogP contribution in [0.15, 0.2) is 41.8 Å². The third-order valence-electron chi connectivity index (χ3n) is 2.92. The predicted molar refractivity (Wildman–Crippen MR) is 81.4 cm³/mol. The molecule has 7 nitrogen and oxygen atoms in total. The fraction of sp³-hybridized carbons (Fsp3) is 0.286. The Hall–Kier alpha value is -2.35. The normalized spacial score (nSPS) is 11.9. The molecule has 0 radical (unpaired) electrons. The van der Waals surface area contributed by atoms with Crippen molar-refractivity contribution < 1.29 is 14.7 Å². The Labute approximate surface area is 131 Å². The first-order valence-corrected chi connectivity index (χ1v) is 7.57. The summed E-state index contributed by atoms with van der Waals surface area (Å²) in [4.78, 5) is 23.2. The fourth-order valence-electron chi connectivity index (χ4n) is 1.82. The maximum Gasteiger partial charge on any atom is 0.326 e. The first-order chi connectivity index (χ1) is 10.6. The zero-order chi connectivity index (χ0) is 15.9. The standard InChI is InChI=1S/C14H16N4O3S/c1-18-9-15-17-14(18)22-8-12(19)16-11(13(20)21)7-10-5-3-2-4-6-10/h2-6,9,11H,7-8H2,1H3,(H,16,19)(H,20,21)/t11-/m0/s1. The highest BCUT2D eigenvalue weighted by Crippen LogP contribution is 2.12. The summed E-state index contributed by atoms with van der Waals surface area (Å²) in [6.07, 6.45) is 1.78. The Morgan fingerprint density at radius 2 is 2.09 bits per heavy atom. The number of carboxylic acid groups (broad SMARTS) is 1. The number of carboxylic acids is 1. The average Bonchev–Trinajstić information content (AvgIpc) is 2.91. The van der Waals surface area contributed by atoms with E-state index in [-0.39, 0.29) is 18.1 Å². The molecule has 1 aromatic carbocycles. The number of aryl methyl sites for hydroxylation is 1. The van der Waals surface area contributed by atoms with E-state index in [0.29, 0.717) is 5.16 Å². The van der Waals surface area contributed by atoms with Crippen LogP contribution in [0.2, 0.25) is 0 Å². The van der Waals surface area contributed by atoms with E-state index in [1.165, 1.54) is 18.1 Å². The molecular weight excluding hydrogens is 304 g/mol. The van der Waals surface area contributed by atoms with Gasteiger partial charge in [-0.05, 0) is 5.56 Å². The molecular formula is C14H16N4O3S. The van der Waals surface area contributed by atoms with Gasteiger partial charge in [0.15, 0.2) is 5.16 Å². The molecule has 0 unspecified atom stereocenters. The molecule has 0 spiro atoms. The van der Waals surface area contributed by atoms with Gasteiger partial charge in [0.25, 0.3) is 0 Å². The van der Waals surface area contributed by atoms with Gasteiger partial charge in [-0.25, -0.2) is 4.79 Å². The van der Waals surface area contributed by atoms with Crippen molar-refractivity contribution in [2.24, 2.45) is 7.05 Å². The largest absolute Gasteiger partial charge is 0.480 e. The minimum atomic E-state index is -1.05. The van der Waals surface area contributed by atoms with Gasteiger partial charge in [-0.3, -0.25) is 4.79 Å². The summed E-state index contributed by atoms with van der Waals surface area (Å²) in [7, 11) is 1.77. The van der Waals surface area contributed by atoms with Crippen molar-refractivity contribution in [1.29, 1.82) is 0 Å². The summed E-state index contributed by atoms with van der Waals surface area (Å²) in [6.45, 7) is 0. The summed E-state index contributed by atoms with van der Waals surface area (Å²) in [5.74, 6) is -1.32. The first-order valence-electron chi connectivity index (χ1n) is 6.59. The minimum absolute atomic E-state index is 0.0884. The van der Waals surface area contributed by atoms with Gasteiger partial charge < -0.3 is 15.0 Å². The first kappa shape index (κ1) is 16.0. The number of benzene rings is 1. The van der Waals surface area contributed by atoms with Gasteiger partial charge in [-0.15, -0.1) is 10.2 Å². The second-order valence-electron chi connectivity index (χ2n) is 4.66. The third-order valence-corrected chi connectivity index (χ3v) is 3.95. The highest BCUT2D eigenvalue weighted by atomic mass is 32.2. The van der Waals surface area contributed by atoms with Gasteiger partial charge in [-0.1, -0.05) is 42.1 Å². The van der Waals surface area contributed by atoms with Crippen molar-refractivity contribution in [2.75, 3.05) is 5.75 Å². The molecule has 0 aliphatic rings. The monoisotopic (exact) mass is 320 g/mol. The van der Waals surface area contributed by atoms with Gasteiger partial charge in [0.2, 0.25) is 5.91 Å². The number of hydrogen-bond donors (Lipinski definition) is 2. The minimum Gasteiger partial charge on any atom is -0.480 e. The molecule has 0 fully saturated rings. The van der Waals surface area contributed by atoms with E-state index >= 15 is 0 Å². The van der Waals surface area contributed by atoms with Gasteiger partial charge in [0.1, 0.15) is 12.4 Å². The Balaban J connectivity index is 1.89. The van der Waals surface area contributed by atoms with E-state index in [1.54, 1.807) is 11.6 Å². The number of carbonyl (C=O) groups excluding carboxylic acids is 1. The van der Waals surface area contributed by atoms with Crippen molar-refractivity contribution >= 4 is 23.6 Å². The molecule has 0 saturated carbocycles. The summed E-state index contributed by atoms with van der Waals surface area (Å²) in [5, 5.41) is 19.9. The molecule has 0 saturated heterocycles. The van der Waals surface area contributed by atoms with Crippen LogP contribution in [0.1, 0.15) is 5.56 Å². The molecule has 8 heteroatoms. The molecule has 0 aliphatic carbocycles. The quantitative estimate of drug-likeness (QED) is 0.730. The zero-order valence-corrected chi connectivity index (χ0v) is 12.8. The molecule has 0 aliphatic heterocycles. The fourth-order valence-corrected chi connectivity index (χ4v) is 2.52. The predicted octanol–water partition coefficient (Wildman–Crippen LogP) is 0.719. The second-order valence-corrected chi connectivity index (χ2v) is 5.60. The van der Waals surface area contributed by atoms with Crippen LogP contribution >= 0.6 is 11.8 Å². The molecule has 2 N–H and O–H groups in total. The van der Waals surface area contributed by atoms with E-state index < -0.39 is 12.0 Å². The van der Waals surface area contributed by atoms with Crippen molar-refractivity contribution in [2.45, 2.75) is 17.6 Å². The number of rotatable bonds is 7. The maximum absolute atomic E-state index is 11.9. The number of nitrogens with zero attached hydrogens (tertiary/aromatic N) is 3. The van der Waals surface area contributed by atoms with Crippen LogP contribution in [0.4, 0.5) is 0 Å². The third kappa shape index (κ3) is 4.59.